The van der Waals surface area contributed by atoms with Crippen LogP contribution in [0.3, 0.4) is 0 Å². The van der Waals surface area contributed by atoms with E-state index in [1.807, 2.05) is 24.8 Å². The number of rotatable bonds is 5. The van der Waals surface area contributed by atoms with Crippen molar-refractivity contribution < 1.29 is 14.1 Å². The zero-order chi connectivity index (χ0) is 16.2. The van der Waals surface area contributed by atoms with E-state index in [9.17, 15) is 4.79 Å². The highest BCUT2D eigenvalue weighted by atomic mass is 32.1. The van der Waals surface area contributed by atoms with Crippen LogP contribution in [0.5, 0.6) is 0 Å². The minimum Gasteiger partial charge on any atom is -0.365 e. The van der Waals surface area contributed by atoms with Crippen LogP contribution in [0.25, 0.3) is 0 Å². The summed E-state index contributed by atoms with van der Waals surface area (Å²) in [5.74, 6) is 1.13. The Balaban J connectivity index is 1.48. The molecular formula is C16H21N3O3S. The molecule has 2 aromatic heterocycles. The van der Waals surface area contributed by atoms with Crippen LogP contribution in [0.2, 0.25) is 0 Å². The van der Waals surface area contributed by atoms with Gasteiger partial charge in [0.2, 0.25) is 5.91 Å². The minimum atomic E-state index is 0.0307. The van der Waals surface area contributed by atoms with Gasteiger partial charge in [-0.05, 0) is 26.7 Å². The average Bonchev–Trinajstić information content (AvgIpc) is 3.16. The van der Waals surface area contributed by atoms with E-state index in [0.29, 0.717) is 18.2 Å². The van der Waals surface area contributed by atoms with Gasteiger partial charge in [-0.25, -0.2) is 4.98 Å². The van der Waals surface area contributed by atoms with Crippen molar-refractivity contribution in [3.63, 3.8) is 0 Å². The molecule has 1 aliphatic rings. The topological polar surface area (TPSA) is 68.5 Å². The van der Waals surface area contributed by atoms with E-state index >= 15 is 0 Å². The fourth-order valence-electron chi connectivity index (χ4n) is 2.79. The number of carbonyl (C=O) groups excluding carboxylic acids is 1. The first-order valence-corrected chi connectivity index (χ1v) is 8.69. The molecule has 124 valence electrons. The van der Waals surface area contributed by atoms with Crippen molar-refractivity contribution in [1.82, 2.24) is 15.0 Å². The van der Waals surface area contributed by atoms with Crippen molar-refractivity contribution in [3.8, 4) is 0 Å². The third-order valence-corrected chi connectivity index (χ3v) is 5.04. The Labute approximate surface area is 139 Å². The highest BCUT2D eigenvalue weighted by molar-refractivity contribution is 7.09. The van der Waals surface area contributed by atoms with E-state index in [0.717, 1.165) is 42.4 Å². The Morgan fingerprint density at radius 2 is 2.39 bits per heavy atom. The van der Waals surface area contributed by atoms with Crippen LogP contribution in [-0.4, -0.2) is 40.6 Å². The fraction of sp³-hybridized carbons (Fsp3) is 0.562. The molecular weight excluding hydrogens is 314 g/mol. The summed E-state index contributed by atoms with van der Waals surface area (Å²) < 4.78 is 10.4. The molecule has 0 radical (unpaired) electrons. The summed E-state index contributed by atoms with van der Waals surface area (Å²) >= 11 is 1.69. The fourth-order valence-corrected chi connectivity index (χ4v) is 3.71. The molecule has 0 aromatic carbocycles. The van der Waals surface area contributed by atoms with Crippen molar-refractivity contribution >= 4 is 17.2 Å². The lowest BCUT2D eigenvalue weighted by Crippen LogP contribution is -2.41. The highest BCUT2D eigenvalue weighted by Gasteiger charge is 2.26. The standard InChI is InChI=1S/C16H21N3O3S/c1-11-10-23-16(17-11)13-4-3-5-19(7-13)15(20)9-21-8-14-6-12(2)22-18-14/h6,10,13H,3-5,7-9H2,1-2H3. The predicted octanol–water partition coefficient (Wildman–Crippen LogP) is 2.67. The van der Waals surface area contributed by atoms with Crippen molar-refractivity contribution in [3.05, 3.63) is 33.6 Å². The quantitative estimate of drug-likeness (QED) is 0.840. The van der Waals surface area contributed by atoms with Gasteiger partial charge in [0.15, 0.2) is 0 Å². The Kier molecular flexibility index (Phi) is 5.07. The van der Waals surface area contributed by atoms with Gasteiger partial charge >= 0.3 is 0 Å². The predicted molar refractivity (Wildman–Crippen MR) is 86.3 cm³/mol. The molecule has 3 rings (SSSR count). The number of carbonyl (C=O) groups is 1. The van der Waals surface area contributed by atoms with E-state index in [2.05, 4.69) is 15.5 Å². The van der Waals surface area contributed by atoms with Crippen LogP contribution in [0.15, 0.2) is 16.0 Å². The van der Waals surface area contributed by atoms with Crippen LogP contribution >= 0.6 is 11.3 Å². The largest absolute Gasteiger partial charge is 0.365 e. The van der Waals surface area contributed by atoms with Crippen LogP contribution in [0.4, 0.5) is 0 Å². The second-order valence-electron chi connectivity index (χ2n) is 5.93. The number of piperidine rings is 1. The molecule has 1 amide bonds. The molecule has 3 heterocycles. The molecule has 1 atom stereocenters. The number of aromatic nitrogens is 2. The highest BCUT2D eigenvalue weighted by Crippen LogP contribution is 2.29. The molecule has 2 aromatic rings. The molecule has 0 spiro atoms. The third-order valence-electron chi connectivity index (χ3n) is 3.91. The molecule has 23 heavy (non-hydrogen) atoms. The Morgan fingerprint density at radius 3 is 3.09 bits per heavy atom. The number of hydrogen-bond donors (Lipinski definition) is 0. The van der Waals surface area contributed by atoms with Crippen LogP contribution in [0, 0.1) is 13.8 Å². The second kappa shape index (κ2) is 7.23. The normalized spacial score (nSPS) is 18.3. The molecule has 0 aliphatic carbocycles. The maximum Gasteiger partial charge on any atom is 0.248 e. The lowest BCUT2D eigenvalue weighted by molar-refractivity contribution is -0.137. The molecule has 0 saturated carbocycles. The van der Waals surface area contributed by atoms with Gasteiger partial charge in [0.1, 0.15) is 18.1 Å². The first-order valence-electron chi connectivity index (χ1n) is 7.81. The SMILES string of the molecule is Cc1csc(C2CCCN(C(=O)COCc3cc(C)on3)C2)n1. The zero-order valence-electron chi connectivity index (χ0n) is 13.4. The van der Waals surface area contributed by atoms with E-state index in [4.69, 9.17) is 9.26 Å². The van der Waals surface area contributed by atoms with Gasteiger partial charge in [0.05, 0.1) is 11.6 Å². The number of nitrogens with zero attached hydrogens (tertiary/aromatic N) is 3. The first-order chi connectivity index (χ1) is 11.1. The van der Waals surface area contributed by atoms with Gasteiger partial charge in [-0.3, -0.25) is 4.79 Å². The van der Waals surface area contributed by atoms with Crippen molar-refractivity contribution in [2.24, 2.45) is 0 Å². The molecule has 1 unspecified atom stereocenters. The van der Waals surface area contributed by atoms with Gasteiger partial charge in [-0.1, -0.05) is 5.16 Å². The summed E-state index contributed by atoms with van der Waals surface area (Å²) in [7, 11) is 0. The van der Waals surface area contributed by atoms with Crippen molar-refractivity contribution in [1.29, 1.82) is 0 Å². The monoisotopic (exact) mass is 335 g/mol. The van der Waals surface area contributed by atoms with E-state index in [1.165, 1.54) is 0 Å². The minimum absolute atomic E-state index is 0.0307. The summed E-state index contributed by atoms with van der Waals surface area (Å²) in [4.78, 5) is 18.8. The lowest BCUT2D eigenvalue weighted by atomic mass is 9.99. The number of amides is 1. The number of thiazole rings is 1. The molecule has 0 bridgehead atoms. The molecule has 6 nitrogen and oxygen atoms in total. The Bertz CT molecular complexity index is 667. The zero-order valence-corrected chi connectivity index (χ0v) is 14.3. The molecule has 7 heteroatoms. The summed E-state index contributed by atoms with van der Waals surface area (Å²) in [6.07, 6.45) is 2.10. The summed E-state index contributed by atoms with van der Waals surface area (Å²) in [6, 6.07) is 1.81. The van der Waals surface area contributed by atoms with Gasteiger partial charge in [0.25, 0.3) is 0 Å². The van der Waals surface area contributed by atoms with Crippen molar-refractivity contribution in [2.45, 2.75) is 39.2 Å². The van der Waals surface area contributed by atoms with Gasteiger partial charge in [-0.2, -0.15) is 0 Å². The maximum absolute atomic E-state index is 12.3. The van der Waals surface area contributed by atoms with Gasteiger partial charge in [0, 0.05) is 36.1 Å². The second-order valence-corrected chi connectivity index (χ2v) is 6.82. The Morgan fingerprint density at radius 1 is 1.52 bits per heavy atom. The third kappa shape index (κ3) is 4.17. The summed E-state index contributed by atoms with van der Waals surface area (Å²) in [6.45, 7) is 5.74. The van der Waals surface area contributed by atoms with Crippen LogP contribution in [-0.2, 0) is 16.1 Å². The Hall–Kier alpha value is -1.73. The molecule has 1 fully saturated rings. The van der Waals surface area contributed by atoms with Gasteiger partial charge < -0.3 is 14.2 Å². The number of ether oxygens (including phenoxy) is 1. The lowest BCUT2D eigenvalue weighted by Gasteiger charge is -2.31. The van der Waals surface area contributed by atoms with E-state index < -0.39 is 0 Å². The maximum atomic E-state index is 12.3. The molecule has 1 aliphatic heterocycles. The summed E-state index contributed by atoms with van der Waals surface area (Å²) in [5, 5.41) is 7.05. The van der Waals surface area contributed by atoms with Crippen LogP contribution < -0.4 is 0 Å². The smallest absolute Gasteiger partial charge is 0.248 e. The molecule has 1 saturated heterocycles. The van der Waals surface area contributed by atoms with Crippen LogP contribution in [0.1, 0.15) is 40.9 Å². The number of aryl methyl sites for hydroxylation is 2. The van der Waals surface area contributed by atoms with E-state index in [1.54, 1.807) is 11.3 Å². The summed E-state index contributed by atoms with van der Waals surface area (Å²) in [5.41, 5.74) is 1.77. The number of hydrogen-bond acceptors (Lipinski definition) is 6. The van der Waals surface area contributed by atoms with E-state index in [-0.39, 0.29) is 12.5 Å². The van der Waals surface area contributed by atoms with Gasteiger partial charge in [-0.15, -0.1) is 11.3 Å². The first kappa shape index (κ1) is 16.1. The average molecular weight is 335 g/mol. The molecule has 0 N–H and O–H groups in total. The number of likely N-dealkylation sites (tertiary alicyclic amines) is 1. The van der Waals surface area contributed by atoms with Crippen molar-refractivity contribution in [2.75, 3.05) is 19.7 Å².